The second-order valence-electron chi connectivity index (χ2n) is 4.46. The highest BCUT2D eigenvalue weighted by atomic mass is 79.9. The third kappa shape index (κ3) is 5.51. The maximum absolute atomic E-state index is 12.2. The molecule has 0 aliphatic carbocycles. The largest absolute Gasteiger partial charge is 0.348 e. The average molecular weight is 350 g/mol. The molecule has 0 bridgehead atoms. The van der Waals surface area contributed by atoms with Gasteiger partial charge in [-0.25, -0.2) is 0 Å². The Bertz CT molecular complexity index is 412. The molecule has 0 spiro atoms. The van der Waals surface area contributed by atoms with Gasteiger partial charge in [0.2, 0.25) is 0 Å². The van der Waals surface area contributed by atoms with E-state index >= 15 is 0 Å². The lowest BCUT2D eigenvalue weighted by atomic mass is 10.1. The summed E-state index contributed by atoms with van der Waals surface area (Å²) in [5.74, 6) is -0.0413. The Morgan fingerprint density at radius 1 is 1.47 bits per heavy atom. The van der Waals surface area contributed by atoms with Gasteiger partial charge >= 0.3 is 0 Å². The molecule has 1 atom stereocenters. The van der Waals surface area contributed by atoms with Crippen LogP contribution in [0.1, 0.15) is 42.1 Å². The fourth-order valence-electron chi connectivity index (χ4n) is 1.82. The molecule has 1 aromatic rings. The number of carbonyl (C=O) groups is 1. The monoisotopic (exact) mass is 348 g/mol. The van der Waals surface area contributed by atoms with Crippen molar-refractivity contribution >= 4 is 34.2 Å². The number of nitrogens with two attached hydrogens (primary N) is 1. The van der Waals surface area contributed by atoms with Crippen LogP contribution in [0.3, 0.4) is 0 Å². The molecule has 3 nitrogen and oxygen atoms in total. The molecule has 0 radical (unpaired) electrons. The number of benzene rings is 1. The van der Waals surface area contributed by atoms with Crippen LogP contribution in [0.4, 0.5) is 0 Å². The zero-order valence-electron chi connectivity index (χ0n) is 11.4. The lowest BCUT2D eigenvalue weighted by molar-refractivity contribution is 0.0935. The second-order valence-corrected chi connectivity index (χ2v) is 5.32. The molecule has 0 fully saturated rings. The molecule has 0 saturated carbocycles. The number of hydrogen-bond donors (Lipinski definition) is 2. The van der Waals surface area contributed by atoms with Crippen LogP contribution in [-0.2, 0) is 0 Å². The Hall–Kier alpha value is -0.580. The van der Waals surface area contributed by atoms with Gasteiger partial charge in [-0.2, -0.15) is 0 Å². The number of rotatable bonds is 6. The van der Waals surface area contributed by atoms with Crippen molar-refractivity contribution in [1.82, 2.24) is 5.32 Å². The fraction of sp³-hybridized carbons (Fsp3) is 0.500. The molecule has 0 heterocycles. The zero-order chi connectivity index (χ0) is 13.5. The molecule has 0 aliphatic heterocycles. The molecule has 3 N–H and O–H groups in total. The van der Waals surface area contributed by atoms with Gasteiger partial charge in [-0.15, -0.1) is 12.4 Å². The zero-order valence-corrected chi connectivity index (χ0v) is 13.8. The molecule has 0 saturated heterocycles. The van der Waals surface area contributed by atoms with E-state index in [0.29, 0.717) is 12.1 Å². The molecule has 19 heavy (non-hydrogen) atoms. The van der Waals surface area contributed by atoms with Crippen molar-refractivity contribution in [3.05, 3.63) is 33.8 Å². The summed E-state index contributed by atoms with van der Waals surface area (Å²) in [6.45, 7) is 4.55. The number of amides is 1. The van der Waals surface area contributed by atoms with Crippen LogP contribution < -0.4 is 11.1 Å². The SMILES string of the molecule is CCCCC(CN)NC(=O)c1cccc(Br)c1C.Cl. The van der Waals surface area contributed by atoms with Crippen molar-refractivity contribution in [1.29, 1.82) is 0 Å². The molecular formula is C14H22BrClN2O. The summed E-state index contributed by atoms with van der Waals surface area (Å²) >= 11 is 3.43. The lowest BCUT2D eigenvalue weighted by Gasteiger charge is -2.17. The maximum Gasteiger partial charge on any atom is 0.251 e. The van der Waals surface area contributed by atoms with Gasteiger partial charge in [0.1, 0.15) is 0 Å². The van der Waals surface area contributed by atoms with E-state index in [1.807, 2.05) is 25.1 Å². The van der Waals surface area contributed by atoms with Crippen molar-refractivity contribution in [2.24, 2.45) is 5.73 Å². The van der Waals surface area contributed by atoms with Gasteiger partial charge in [-0.1, -0.05) is 41.8 Å². The minimum atomic E-state index is -0.0413. The van der Waals surface area contributed by atoms with Crippen LogP contribution in [0.15, 0.2) is 22.7 Å². The Labute approximate surface area is 129 Å². The molecule has 1 rings (SSSR count). The molecular weight excluding hydrogens is 328 g/mol. The maximum atomic E-state index is 12.2. The topological polar surface area (TPSA) is 55.1 Å². The Balaban J connectivity index is 0.00000324. The van der Waals surface area contributed by atoms with Crippen molar-refractivity contribution < 1.29 is 4.79 Å². The van der Waals surface area contributed by atoms with Crippen LogP contribution in [0.2, 0.25) is 0 Å². The Morgan fingerprint density at radius 3 is 2.74 bits per heavy atom. The Morgan fingerprint density at radius 2 is 2.16 bits per heavy atom. The van der Waals surface area contributed by atoms with Crippen molar-refractivity contribution in [3.63, 3.8) is 0 Å². The number of halogens is 2. The first-order valence-corrected chi connectivity index (χ1v) is 7.15. The van der Waals surface area contributed by atoms with E-state index in [1.54, 1.807) is 0 Å². The summed E-state index contributed by atoms with van der Waals surface area (Å²) < 4.78 is 0.952. The van der Waals surface area contributed by atoms with Gasteiger partial charge in [0.05, 0.1) is 0 Å². The smallest absolute Gasteiger partial charge is 0.251 e. The summed E-state index contributed by atoms with van der Waals surface area (Å²) in [7, 11) is 0. The second kappa shape index (κ2) is 9.34. The third-order valence-electron chi connectivity index (χ3n) is 3.04. The first kappa shape index (κ1) is 18.4. The van der Waals surface area contributed by atoms with Crippen LogP contribution in [0.5, 0.6) is 0 Å². The summed E-state index contributed by atoms with van der Waals surface area (Å²) in [5, 5.41) is 3.00. The number of unbranched alkanes of at least 4 members (excludes halogenated alkanes) is 1. The van der Waals surface area contributed by atoms with Gasteiger partial charge in [-0.3, -0.25) is 4.79 Å². The van der Waals surface area contributed by atoms with Crippen molar-refractivity contribution in [2.75, 3.05) is 6.54 Å². The third-order valence-corrected chi connectivity index (χ3v) is 3.90. The highest BCUT2D eigenvalue weighted by Crippen LogP contribution is 2.19. The van der Waals surface area contributed by atoms with E-state index in [4.69, 9.17) is 5.73 Å². The first-order chi connectivity index (χ1) is 8.60. The molecule has 0 aromatic heterocycles. The Kier molecular flexibility index (Phi) is 9.06. The minimum absolute atomic E-state index is 0. The quantitative estimate of drug-likeness (QED) is 0.826. The van der Waals surface area contributed by atoms with E-state index < -0.39 is 0 Å². The molecule has 108 valence electrons. The van der Waals surface area contributed by atoms with Gasteiger partial charge in [0, 0.05) is 22.6 Å². The number of nitrogens with one attached hydrogen (secondary N) is 1. The van der Waals surface area contributed by atoms with E-state index in [0.717, 1.165) is 29.3 Å². The van der Waals surface area contributed by atoms with Gasteiger partial charge in [0.15, 0.2) is 0 Å². The molecule has 1 amide bonds. The van der Waals surface area contributed by atoms with E-state index in [-0.39, 0.29) is 24.4 Å². The van der Waals surface area contributed by atoms with E-state index in [2.05, 4.69) is 28.2 Å². The molecule has 1 aromatic carbocycles. The molecule has 0 aliphatic rings. The van der Waals surface area contributed by atoms with Gasteiger partial charge in [-0.05, 0) is 31.0 Å². The van der Waals surface area contributed by atoms with E-state index in [9.17, 15) is 4.79 Å². The summed E-state index contributed by atoms with van der Waals surface area (Å²) in [4.78, 5) is 12.2. The van der Waals surface area contributed by atoms with Crippen molar-refractivity contribution in [3.8, 4) is 0 Å². The summed E-state index contributed by atoms with van der Waals surface area (Å²) in [6, 6.07) is 5.71. The summed E-state index contributed by atoms with van der Waals surface area (Å²) in [6.07, 6.45) is 3.13. The first-order valence-electron chi connectivity index (χ1n) is 6.36. The minimum Gasteiger partial charge on any atom is -0.348 e. The highest BCUT2D eigenvalue weighted by molar-refractivity contribution is 9.10. The van der Waals surface area contributed by atoms with E-state index in [1.165, 1.54) is 0 Å². The molecule has 1 unspecified atom stereocenters. The lowest BCUT2D eigenvalue weighted by Crippen LogP contribution is -2.40. The van der Waals surface area contributed by atoms with Crippen LogP contribution in [-0.4, -0.2) is 18.5 Å². The standard InChI is InChI=1S/C14H21BrN2O.ClH/c1-3-4-6-11(9-16)17-14(18)12-7-5-8-13(15)10(12)2;/h5,7-8,11H,3-4,6,9,16H2,1-2H3,(H,17,18);1H. The van der Waals surface area contributed by atoms with Crippen LogP contribution in [0, 0.1) is 6.92 Å². The van der Waals surface area contributed by atoms with Gasteiger partial charge in [0.25, 0.3) is 5.91 Å². The normalized spacial score (nSPS) is 11.6. The molecule has 5 heteroatoms. The average Bonchev–Trinajstić information content (AvgIpc) is 2.37. The number of hydrogen-bond acceptors (Lipinski definition) is 2. The van der Waals surface area contributed by atoms with Gasteiger partial charge < -0.3 is 11.1 Å². The van der Waals surface area contributed by atoms with Crippen LogP contribution in [0.25, 0.3) is 0 Å². The summed E-state index contributed by atoms with van der Waals surface area (Å²) in [5.41, 5.74) is 7.35. The number of carbonyl (C=O) groups excluding carboxylic acids is 1. The van der Waals surface area contributed by atoms with Crippen LogP contribution >= 0.6 is 28.3 Å². The predicted molar refractivity (Wildman–Crippen MR) is 86.0 cm³/mol. The van der Waals surface area contributed by atoms with Crippen molar-refractivity contribution in [2.45, 2.75) is 39.2 Å². The predicted octanol–water partition coefficient (Wildman–Crippen LogP) is 3.43. The fourth-order valence-corrected chi connectivity index (χ4v) is 2.18. The highest BCUT2D eigenvalue weighted by Gasteiger charge is 2.14.